The van der Waals surface area contributed by atoms with Crippen LogP contribution < -0.4 is 5.32 Å². The van der Waals surface area contributed by atoms with E-state index in [9.17, 15) is 0 Å². The summed E-state index contributed by atoms with van der Waals surface area (Å²) in [5, 5.41) is 3.30. The van der Waals surface area contributed by atoms with Crippen LogP contribution in [0.25, 0.3) is 0 Å². The largest absolute Gasteiger partial charge is 0.374 e. The first-order valence-electron chi connectivity index (χ1n) is 7.80. The number of aryl methyl sites for hydroxylation is 1. The van der Waals surface area contributed by atoms with Gasteiger partial charge in [0.2, 0.25) is 0 Å². The predicted molar refractivity (Wildman–Crippen MR) is 82.1 cm³/mol. The minimum atomic E-state index is 0.259. The molecule has 110 valence electrons. The Kier molecular flexibility index (Phi) is 4.11. The first kappa shape index (κ1) is 14.1. The quantitative estimate of drug-likeness (QED) is 0.912. The number of morpholine rings is 1. The molecule has 1 aromatic carbocycles. The van der Waals surface area contributed by atoms with E-state index in [4.69, 9.17) is 4.74 Å². The van der Waals surface area contributed by atoms with Crippen molar-refractivity contribution in [3.63, 3.8) is 0 Å². The molecule has 2 unspecified atom stereocenters. The molecule has 1 saturated heterocycles. The SMILES string of the molecule is CNCC1OCCN(C2CC2)C1c1cccc(C)c1C. The number of rotatable bonds is 4. The van der Waals surface area contributed by atoms with E-state index < -0.39 is 0 Å². The Bertz CT molecular complexity index is 468. The lowest BCUT2D eigenvalue weighted by Crippen LogP contribution is -2.49. The lowest BCUT2D eigenvalue weighted by Gasteiger charge is -2.42. The third kappa shape index (κ3) is 2.62. The topological polar surface area (TPSA) is 24.5 Å². The molecule has 20 heavy (non-hydrogen) atoms. The number of nitrogens with one attached hydrogen (secondary N) is 1. The first-order valence-corrected chi connectivity index (χ1v) is 7.80. The van der Waals surface area contributed by atoms with Crippen LogP contribution >= 0.6 is 0 Å². The fraction of sp³-hybridized carbons (Fsp3) is 0.647. The third-order valence-electron chi connectivity index (χ3n) is 4.78. The third-order valence-corrected chi connectivity index (χ3v) is 4.78. The zero-order valence-electron chi connectivity index (χ0n) is 12.9. The molecule has 0 bridgehead atoms. The lowest BCUT2D eigenvalue weighted by molar-refractivity contribution is -0.0742. The van der Waals surface area contributed by atoms with Crippen molar-refractivity contribution < 1.29 is 4.74 Å². The number of nitrogens with zero attached hydrogens (tertiary/aromatic N) is 1. The molecule has 3 nitrogen and oxygen atoms in total. The van der Waals surface area contributed by atoms with E-state index in [2.05, 4.69) is 42.3 Å². The van der Waals surface area contributed by atoms with Crippen LogP contribution in [0.2, 0.25) is 0 Å². The second kappa shape index (κ2) is 5.84. The van der Waals surface area contributed by atoms with Crippen molar-refractivity contribution in [2.45, 2.75) is 44.9 Å². The normalized spacial score (nSPS) is 27.8. The van der Waals surface area contributed by atoms with E-state index in [1.165, 1.54) is 29.5 Å². The van der Waals surface area contributed by atoms with Crippen LogP contribution in [0.4, 0.5) is 0 Å². The summed E-state index contributed by atoms with van der Waals surface area (Å²) >= 11 is 0. The van der Waals surface area contributed by atoms with Crippen LogP contribution in [0.15, 0.2) is 18.2 Å². The molecule has 1 aromatic rings. The van der Waals surface area contributed by atoms with Crippen LogP contribution in [0.5, 0.6) is 0 Å². The molecule has 0 radical (unpaired) electrons. The summed E-state index contributed by atoms with van der Waals surface area (Å²) < 4.78 is 6.08. The highest BCUT2D eigenvalue weighted by Gasteiger charge is 2.41. The van der Waals surface area contributed by atoms with E-state index >= 15 is 0 Å². The van der Waals surface area contributed by atoms with Gasteiger partial charge in [-0.2, -0.15) is 0 Å². The summed E-state index contributed by atoms with van der Waals surface area (Å²) in [6.45, 7) is 7.31. The number of likely N-dealkylation sites (N-methyl/N-ethyl adjacent to an activating group) is 1. The van der Waals surface area contributed by atoms with Crippen molar-refractivity contribution in [1.29, 1.82) is 0 Å². The first-order chi connectivity index (χ1) is 9.72. The maximum absolute atomic E-state index is 6.08. The molecule has 0 aromatic heterocycles. The molecule has 1 aliphatic heterocycles. The molecule has 1 aliphatic carbocycles. The van der Waals surface area contributed by atoms with Gasteiger partial charge in [0.05, 0.1) is 18.8 Å². The number of ether oxygens (including phenoxy) is 1. The Balaban J connectivity index is 1.96. The molecule has 2 fully saturated rings. The Morgan fingerprint density at radius 3 is 2.80 bits per heavy atom. The maximum Gasteiger partial charge on any atom is 0.0896 e. The van der Waals surface area contributed by atoms with Crippen molar-refractivity contribution in [3.8, 4) is 0 Å². The Morgan fingerprint density at radius 2 is 2.10 bits per heavy atom. The van der Waals surface area contributed by atoms with E-state index in [-0.39, 0.29) is 6.10 Å². The maximum atomic E-state index is 6.08. The van der Waals surface area contributed by atoms with Gasteiger partial charge in [0, 0.05) is 19.1 Å². The van der Waals surface area contributed by atoms with E-state index in [1.54, 1.807) is 0 Å². The lowest BCUT2D eigenvalue weighted by atomic mass is 9.91. The molecular weight excluding hydrogens is 248 g/mol. The molecule has 1 saturated carbocycles. The zero-order chi connectivity index (χ0) is 14.1. The molecule has 1 N–H and O–H groups in total. The van der Waals surface area contributed by atoms with Gasteiger partial charge in [-0.3, -0.25) is 4.90 Å². The summed E-state index contributed by atoms with van der Waals surface area (Å²) in [6, 6.07) is 7.87. The average Bonchev–Trinajstić information content (AvgIpc) is 3.27. The molecule has 2 atom stereocenters. The highest BCUT2D eigenvalue weighted by Crippen LogP contribution is 2.40. The van der Waals surface area contributed by atoms with Gasteiger partial charge >= 0.3 is 0 Å². The summed E-state index contributed by atoms with van der Waals surface area (Å²) in [5.74, 6) is 0. The predicted octanol–water partition coefficient (Wildman–Crippen LogP) is 2.43. The minimum Gasteiger partial charge on any atom is -0.374 e. The van der Waals surface area contributed by atoms with Crippen LogP contribution in [0, 0.1) is 13.8 Å². The Labute approximate surface area is 122 Å². The second-order valence-electron chi connectivity index (χ2n) is 6.17. The molecular formula is C17H26N2O. The summed E-state index contributed by atoms with van der Waals surface area (Å²) in [4.78, 5) is 2.69. The van der Waals surface area contributed by atoms with Crippen molar-refractivity contribution >= 4 is 0 Å². The molecule has 0 spiro atoms. The van der Waals surface area contributed by atoms with Crippen LogP contribution in [0.3, 0.4) is 0 Å². The second-order valence-corrected chi connectivity index (χ2v) is 6.17. The van der Waals surface area contributed by atoms with Gasteiger partial charge in [0.1, 0.15) is 0 Å². The number of hydrogen-bond acceptors (Lipinski definition) is 3. The molecule has 3 rings (SSSR count). The van der Waals surface area contributed by atoms with Crippen molar-refractivity contribution in [3.05, 3.63) is 34.9 Å². The fourth-order valence-electron chi connectivity index (χ4n) is 3.41. The summed E-state index contributed by atoms with van der Waals surface area (Å²) in [6.07, 6.45) is 2.97. The van der Waals surface area contributed by atoms with E-state index in [0.29, 0.717) is 6.04 Å². The Hall–Kier alpha value is -0.900. The van der Waals surface area contributed by atoms with Crippen LogP contribution in [0.1, 0.15) is 35.6 Å². The highest BCUT2D eigenvalue weighted by atomic mass is 16.5. The number of hydrogen-bond donors (Lipinski definition) is 1. The monoisotopic (exact) mass is 274 g/mol. The highest BCUT2D eigenvalue weighted by molar-refractivity contribution is 5.36. The fourth-order valence-corrected chi connectivity index (χ4v) is 3.41. The van der Waals surface area contributed by atoms with Crippen molar-refractivity contribution in [1.82, 2.24) is 10.2 Å². The molecule has 2 aliphatic rings. The molecule has 3 heteroatoms. The Morgan fingerprint density at radius 1 is 1.30 bits per heavy atom. The van der Waals surface area contributed by atoms with Gasteiger partial charge in [-0.05, 0) is 50.4 Å². The minimum absolute atomic E-state index is 0.259. The average molecular weight is 274 g/mol. The number of benzene rings is 1. The van der Waals surface area contributed by atoms with E-state index in [1.807, 2.05) is 7.05 Å². The van der Waals surface area contributed by atoms with Gasteiger partial charge in [0.15, 0.2) is 0 Å². The molecule has 0 amide bonds. The van der Waals surface area contributed by atoms with Gasteiger partial charge in [-0.15, -0.1) is 0 Å². The van der Waals surface area contributed by atoms with Gasteiger partial charge < -0.3 is 10.1 Å². The smallest absolute Gasteiger partial charge is 0.0896 e. The van der Waals surface area contributed by atoms with Gasteiger partial charge in [0.25, 0.3) is 0 Å². The van der Waals surface area contributed by atoms with Crippen LogP contribution in [-0.4, -0.2) is 43.8 Å². The van der Waals surface area contributed by atoms with Crippen LogP contribution in [-0.2, 0) is 4.74 Å². The standard InChI is InChI=1S/C17H26N2O/c1-12-5-4-6-15(13(12)2)17-16(11-18-3)20-10-9-19(17)14-7-8-14/h4-6,14,16-18H,7-11H2,1-3H3. The van der Waals surface area contributed by atoms with Gasteiger partial charge in [-0.25, -0.2) is 0 Å². The van der Waals surface area contributed by atoms with Gasteiger partial charge in [-0.1, -0.05) is 18.2 Å². The van der Waals surface area contributed by atoms with E-state index in [0.717, 1.165) is 25.7 Å². The van der Waals surface area contributed by atoms with Crippen molar-refractivity contribution in [2.75, 3.05) is 26.7 Å². The van der Waals surface area contributed by atoms with Crippen molar-refractivity contribution in [2.24, 2.45) is 0 Å². The summed E-state index contributed by atoms with van der Waals surface area (Å²) in [5.41, 5.74) is 4.26. The molecule has 1 heterocycles. The zero-order valence-corrected chi connectivity index (χ0v) is 12.9. The summed E-state index contributed by atoms with van der Waals surface area (Å²) in [7, 11) is 2.01.